The number of nitrogens with two attached hydrogens (primary N) is 1. The molecule has 0 unspecified atom stereocenters. The fraction of sp³-hybridized carbons (Fsp3) is 0.667. The van der Waals surface area contributed by atoms with Gasteiger partial charge in [-0.05, 0) is 19.8 Å². The lowest BCUT2D eigenvalue weighted by Gasteiger charge is -2.13. The molecule has 3 N–H and O–H groups in total. The van der Waals surface area contributed by atoms with E-state index < -0.39 is 15.6 Å². The third kappa shape index (κ3) is 2.11. The minimum atomic E-state index is -3.52. The van der Waals surface area contributed by atoms with Crippen LogP contribution in [0.3, 0.4) is 0 Å². The molecule has 0 amide bonds. The number of rotatable bonds is 5. The highest BCUT2D eigenvalue weighted by Gasteiger charge is 2.45. The lowest BCUT2D eigenvalue weighted by atomic mass is 10.3. The molecule has 0 spiro atoms. The highest BCUT2D eigenvalue weighted by Crippen LogP contribution is 2.35. The predicted molar refractivity (Wildman–Crippen MR) is 59.2 cm³/mol. The number of aryl methyl sites for hydroxylation is 1. The zero-order chi connectivity index (χ0) is 11.8. The topological polar surface area (TPSA) is 90.0 Å². The number of hydrogen-bond acceptors (Lipinski definition) is 4. The Labute approximate surface area is 94.9 Å². The van der Waals surface area contributed by atoms with Gasteiger partial charge >= 0.3 is 0 Å². The second-order valence-corrected chi connectivity index (χ2v) is 5.76. The average molecular weight is 244 g/mol. The SMILES string of the molecule is CCn1cnc(S(=O)(=O)NC2(CN)CC2)c1. The van der Waals surface area contributed by atoms with Crippen LogP contribution in [0.4, 0.5) is 0 Å². The number of nitrogens with one attached hydrogen (secondary N) is 1. The predicted octanol–water partition coefficient (Wildman–Crippen LogP) is -0.327. The van der Waals surface area contributed by atoms with E-state index in [0.717, 1.165) is 12.8 Å². The smallest absolute Gasteiger partial charge is 0.260 e. The second kappa shape index (κ2) is 3.83. The van der Waals surface area contributed by atoms with Crippen molar-refractivity contribution in [2.75, 3.05) is 6.54 Å². The van der Waals surface area contributed by atoms with E-state index in [1.165, 1.54) is 12.5 Å². The van der Waals surface area contributed by atoms with Gasteiger partial charge in [0.1, 0.15) is 0 Å². The molecule has 90 valence electrons. The first kappa shape index (κ1) is 11.6. The minimum absolute atomic E-state index is 0.0640. The van der Waals surface area contributed by atoms with E-state index in [4.69, 9.17) is 5.73 Å². The summed E-state index contributed by atoms with van der Waals surface area (Å²) in [5.41, 5.74) is 5.11. The van der Waals surface area contributed by atoms with E-state index in [1.807, 2.05) is 6.92 Å². The monoisotopic (exact) mass is 244 g/mol. The highest BCUT2D eigenvalue weighted by molar-refractivity contribution is 7.89. The van der Waals surface area contributed by atoms with Gasteiger partial charge in [0.2, 0.25) is 0 Å². The molecule has 1 saturated carbocycles. The van der Waals surface area contributed by atoms with Crippen LogP contribution >= 0.6 is 0 Å². The summed E-state index contributed by atoms with van der Waals surface area (Å²) in [4.78, 5) is 3.88. The van der Waals surface area contributed by atoms with Gasteiger partial charge in [0.15, 0.2) is 5.03 Å². The Hall–Kier alpha value is -0.920. The maximum Gasteiger partial charge on any atom is 0.260 e. The van der Waals surface area contributed by atoms with Crippen molar-refractivity contribution >= 4 is 10.0 Å². The standard InChI is InChI=1S/C9H16N4O2S/c1-2-13-5-8(11-7-13)16(14,15)12-9(6-10)3-4-9/h5,7,12H,2-4,6,10H2,1H3. The summed E-state index contributed by atoms with van der Waals surface area (Å²) < 4.78 is 28.2. The van der Waals surface area contributed by atoms with Crippen LogP contribution in [-0.4, -0.2) is 30.1 Å². The van der Waals surface area contributed by atoms with Crippen LogP contribution in [0, 0.1) is 0 Å². The molecule has 0 saturated heterocycles. The van der Waals surface area contributed by atoms with Crippen molar-refractivity contribution in [3.05, 3.63) is 12.5 Å². The van der Waals surface area contributed by atoms with E-state index >= 15 is 0 Å². The van der Waals surface area contributed by atoms with Crippen molar-refractivity contribution in [3.63, 3.8) is 0 Å². The molecule has 1 aliphatic rings. The van der Waals surface area contributed by atoms with Crippen LogP contribution in [0.2, 0.25) is 0 Å². The third-order valence-corrected chi connectivity index (χ3v) is 4.31. The van der Waals surface area contributed by atoms with Crippen LogP contribution in [0.15, 0.2) is 17.6 Å². The molecule has 1 fully saturated rings. The largest absolute Gasteiger partial charge is 0.336 e. The summed E-state index contributed by atoms with van der Waals surface area (Å²) in [5, 5.41) is 0.0640. The average Bonchev–Trinajstić information content (AvgIpc) is 2.82. The van der Waals surface area contributed by atoms with Crippen LogP contribution in [0.5, 0.6) is 0 Å². The van der Waals surface area contributed by atoms with Gasteiger partial charge in [0.05, 0.1) is 6.33 Å². The summed E-state index contributed by atoms with van der Waals surface area (Å²) in [6.45, 7) is 2.96. The lowest BCUT2D eigenvalue weighted by molar-refractivity contribution is 0.542. The van der Waals surface area contributed by atoms with Crippen molar-refractivity contribution in [1.82, 2.24) is 14.3 Å². The van der Waals surface area contributed by atoms with E-state index in [2.05, 4.69) is 9.71 Å². The zero-order valence-corrected chi connectivity index (χ0v) is 10.00. The van der Waals surface area contributed by atoms with Crippen molar-refractivity contribution in [1.29, 1.82) is 0 Å². The molecule has 2 rings (SSSR count). The van der Waals surface area contributed by atoms with Crippen molar-refractivity contribution in [2.45, 2.75) is 36.9 Å². The summed E-state index contributed by atoms with van der Waals surface area (Å²) in [5.74, 6) is 0. The Bertz CT molecular complexity index is 475. The second-order valence-electron chi connectivity index (χ2n) is 4.13. The first-order valence-corrected chi connectivity index (χ1v) is 6.75. The molecule has 1 heterocycles. The van der Waals surface area contributed by atoms with Gasteiger partial charge in [0, 0.05) is 24.8 Å². The summed E-state index contributed by atoms with van der Waals surface area (Å²) >= 11 is 0. The molecule has 6 nitrogen and oxygen atoms in total. The Morgan fingerprint density at radius 1 is 1.62 bits per heavy atom. The zero-order valence-electron chi connectivity index (χ0n) is 9.18. The lowest BCUT2D eigenvalue weighted by Crippen LogP contribution is -2.42. The third-order valence-electron chi connectivity index (χ3n) is 2.85. The first-order chi connectivity index (χ1) is 7.51. The summed E-state index contributed by atoms with van der Waals surface area (Å²) in [7, 11) is -3.52. The molecule has 16 heavy (non-hydrogen) atoms. The Kier molecular flexibility index (Phi) is 2.77. The molecule has 7 heteroatoms. The quantitative estimate of drug-likeness (QED) is 0.742. The number of imidazole rings is 1. The van der Waals surface area contributed by atoms with Gasteiger partial charge in [-0.3, -0.25) is 0 Å². The van der Waals surface area contributed by atoms with Crippen LogP contribution < -0.4 is 10.5 Å². The van der Waals surface area contributed by atoms with Gasteiger partial charge in [-0.25, -0.2) is 18.1 Å². The number of aromatic nitrogens is 2. The molecule has 1 aliphatic carbocycles. The van der Waals surface area contributed by atoms with Gasteiger partial charge in [-0.2, -0.15) is 0 Å². The van der Waals surface area contributed by atoms with Gasteiger partial charge in [-0.15, -0.1) is 0 Å². The highest BCUT2D eigenvalue weighted by atomic mass is 32.2. The molecule has 0 radical (unpaired) electrons. The minimum Gasteiger partial charge on any atom is -0.336 e. The van der Waals surface area contributed by atoms with Crippen molar-refractivity contribution in [2.24, 2.45) is 5.73 Å². The Balaban J connectivity index is 2.19. The maximum atomic E-state index is 11.9. The van der Waals surface area contributed by atoms with E-state index in [-0.39, 0.29) is 5.03 Å². The molecule has 0 aliphatic heterocycles. The fourth-order valence-electron chi connectivity index (χ4n) is 1.49. The normalized spacial score (nSPS) is 18.6. The maximum absolute atomic E-state index is 11.9. The fourth-order valence-corrected chi connectivity index (χ4v) is 2.91. The van der Waals surface area contributed by atoms with Gasteiger partial charge < -0.3 is 10.3 Å². The molecule has 1 aromatic rings. The molecule has 1 aromatic heterocycles. The summed E-state index contributed by atoms with van der Waals surface area (Å²) in [6.07, 6.45) is 4.64. The van der Waals surface area contributed by atoms with Crippen molar-refractivity contribution in [3.8, 4) is 0 Å². The van der Waals surface area contributed by atoms with E-state index in [9.17, 15) is 8.42 Å². The van der Waals surface area contributed by atoms with Crippen molar-refractivity contribution < 1.29 is 8.42 Å². The van der Waals surface area contributed by atoms with Gasteiger partial charge in [-0.1, -0.05) is 0 Å². The first-order valence-electron chi connectivity index (χ1n) is 5.27. The molecular formula is C9H16N4O2S. The molecule has 0 bridgehead atoms. The molecule has 0 aromatic carbocycles. The molecular weight excluding hydrogens is 228 g/mol. The summed E-state index contributed by atoms with van der Waals surface area (Å²) in [6, 6.07) is 0. The van der Waals surface area contributed by atoms with Gasteiger partial charge in [0.25, 0.3) is 10.0 Å². The Morgan fingerprint density at radius 3 is 2.75 bits per heavy atom. The van der Waals surface area contributed by atoms with Crippen LogP contribution in [-0.2, 0) is 16.6 Å². The van der Waals surface area contributed by atoms with E-state index in [1.54, 1.807) is 4.57 Å². The Morgan fingerprint density at radius 2 is 2.31 bits per heavy atom. The van der Waals surface area contributed by atoms with Crippen LogP contribution in [0.25, 0.3) is 0 Å². The number of hydrogen-bond donors (Lipinski definition) is 2. The number of nitrogens with zero attached hydrogens (tertiary/aromatic N) is 2. The van der Waals surface area contributed by atoms with Crippen LogP contribution in [0.1, 0.15) is 19.8 Å². The number of sulfonamides is 1. The molecule has 0 atom stereocenters. The van der Waals surface area contributed by atoms with E-state index in [0.29, 0.717) is 13.1 Å².